The minimum absolute atomic E-state index is 0.187. The monoisotopic (exact) mass is 212 g/mol. The maximum absolute atomic E-state index is 5.90. The van der Waals surface area contributed by atoms with Crippen molar-refractivity contribution in [1.29, 1.82) is 0 Å². The van der Waals surface area contributed by atoms with E-state index in [1.54, 1.807) is 0 Å². The van der Waals surface area contributed by atoms with E-state index in [9.17, 15) is 0 Å². The van der Waals surface area contributed by atoms with Crippen LogP contribution in [0.5, 0.6) is 0 Å². The highest BCUT2D eigenvalue weighted by molar-refractivity contribution is 6.57. The molecule has 0 bridgehead atoms. The molecule has 0 rings (SSSR count). The minimum atomic E-state index is -0.436. The van der Waals surface area contributed by atoms with E-state index in [1.807, 2.05) is 0 Å². The molecule has 0 aliphatic rings. The van der Waals surface area contributed by atoms with Crippen molar-refractivity contribution in [1.82, 2.24) is 0 Å². The Morgan fingerprint density at radius 2 is 1.82 bits per heavy atom. The third-order valence-corrected chi connectivity index (χ3v) is 5.75. The highest BCUT2D eigenvalue weighted by Crippen LogP contribution is 2.19. The first-order valence-electron chi connectivity index (χ1n) is 4.28. The molecule has 0 aromatic heterocycles. The molecule has 0 aliphatic carbocycles. The van der Waals surface area contributed by atoms with Crippen molar-refractivity contribution in [2.45, 2.75) is 43.8 Å². The van der Waals surface area contributed by atoms with E-state index in [4.69, 9.17) is 23.2 Å². The summed E-state index contributed by atoms with van der Waals surface area (Å²) in [6.07, 6.45) is 2.34. The fourth-order valence-electron chi connectivity index (χ4n) is 0.854. The molecule has 0 aliphatic heterocycles. The number of hydrogen-bond acceptors (Lipinski definition) is 0. The van der Waals surface area contributed by atoms with Gasteiger partial charge in [-0.2, -0.15) is 0 Å². The molecule has 11 heavy (non-hydrogen) atoms. The van der Waals surface area contributed by atoms with Crippen LogP contribution < -0.4 is 0 Å². The van der Waals surface area contributed by atoms with Crippen molar-refractivity contribution in [3.63, 3.8) is 0 Å². The first kappa shape index (κ1) is 11.8. The predicted molar refractivity (Wildman–Crippen MR) is 57.9 cm³/mol. The topological polar surface area (TPSA) is 0 Å². The fourth-order valence-corrected chi connectivity index (χ4v) is 1.99. The number of rotatable bonds is 5. The standard InChI is InChI=1S/C8H18Cl2Si/c1-7(11(2)3)4-5-8(10)6-9/h7-8,11H,4-6H2,1-3H3. The van der Waals surface area contributed by atoms with Gasteiger partial charge in [-0.3, -0.25) is 0 Å². The smallest absolute Gasteiger partial charge is 0.0471 e. The van der Waals surface area contributed by atoms with Gasteiger partial charge in [0, 0.05) is 20.1 Å². The van der Waals surface area contributed by atoms with Gasteiger partial charge < -0.3 is 0 Å². The maximum atomic E-state index is 5.90. The Labute approximate surface area is 81.9 Å². The van der Waals surface area contributed by atoms with Crippen LogP contribution in [0.15, 0.2) is 0 Å². The number of hydrogen-bond donors (Lipinski definition) is 0. The van der Waals surface area contributed by atoms with Crippen LogP contribution in [-0.2, 0) is 0 Å². The Balaban J connectivity index is 3.37. The van der Waals surface area contributed by atoms with E-state index in [0.29, 0.717) is 5.88 Å². The molecule has 3 heteroatoms. The number of alkyl halides is 2. The summed E-state index contributed by atoms with van der Waals surface area (Å²) in [5, 5.41) is 0.187. The third-order valence-electron chi connectivity index (χ3n) is 2.24. The molecule has 0 aromatic carbocycles. The molecular formula is C8H18Cl2Si. The van der Waals surface area contributed by atoms with Gasteiger partial charge in [0.2, 0.25) is 0 Å². The molecule has 0 amide bonds. The lowest BCUT2D eigenvalue weighted by Crippen LogP contribution is -2.11. The van der Waals surface area contributed by atoms with Crippen LogP contribution in [0.25, 0.3) is 0 Å². The SMILES string of the molecule is CC(CCC(Cl)CCl)[SiH](C)C. The second-order valence-electron chi connectivity index (χ2n) is 3.55. The molecule has 2 atom stereocenters. The van der Waals surface area contributed by atoms with Gasteiger partial charge in [0.1, 0.15) is 0 Å². The normalized spacial score (nSPS) is 16.9. The maximum Gasteiger partial charge on any atom is 0.0471 e. The lowest BCUT2D eigenvalue weighted by atomic mass is 10.2. The summed E-state index contributed by atoms with van der Waals surface area (Å²) < 4.78 is 0. The molecule has 0 N–H and O–H groups in total. The Bertz CT molecular complexity index is 96.1. The molecule has 2 unspecified atom stereocenters. The van der Waals surface area contributed by atoms with Crippen molar-refractivity contribution in [2.24, 2.45) is 0 Å². The Kier molecular flexibility index (Phi) is 6.79. The molecule has 68 valence electrons. The lowest BCUT2D eigenvalue weighted by Gasteiger charge is -2.14. The van der Waals surface area contributed by atoms with E-state index in [-0.39, 0.29) is 5.38 Å². The third kappa shape index (κ3) is 6.00. The summed E-state index contributed by atoms with van der Waals surface area (Å²) in [7, 11) is -0.436. The van der Waals surface area contributed by atoms with Crippen molar-refractivity contribution in [2.75, 3.05) is 5.88 Å². The van der Waals surface area contributed by atoms with Gasteiger partial charge in [0.25, 0.3) is 0 Å². The summed E-state index contributed by atoms with van der Waals surface area (Å²) in [5.41, 5.74) is 0.902. The van der Waals surface area contributed by atoms with Crippen LogP contribution in [0.1, 0.15) is 19.8 Å². The van der Waals surface area contributed by atoms with Gasteiger partial charge in [-0.15, -0.1) is 23.2 Å². The van der Waals surface area contributed by atoms with Crippen molar-refractivity contribution >= 4 is 32.0 Å². The Morgan fingerprint density at radius 3 is 2.18 bits per heavy atom. The molecule has 0 nitrogen and oxygen atoms in total. The van der Waals surface area contributed by atoms with E-state index in [0.717, 1.165) is 12.0 Å². The van der Waals surface area contributed by atoms with Crippen molar-refractivity contribution < 1.29 is 0 Å². The molecule has 0 saturated carbocycles. The zero-order valence-corrected chi connectivity index (χ0v) is 10.3. The highest BCUT2D eigenvalue weighted by atomic mass is 35.5. The van der Waals surface area contributed by atoms with E-state index < -0.39 is 8.80 Å². The first-order valence-corrected chi connectivity index (χ1v) is 8.22. The predicted octanol–water partition coefficient (Wildman–Crippen LogP) is 3.49. The van der Waals surface area contributed by atoms with Crippen LogP contribution in [0, 0.1) is 0 Å². The molecule has 0 spiro atoms. The van der Waals surface area contributed by atoms with Crippen LogP contribution in [-0.4, -0.2) is 20.1 Å². The van der Waals surface area contributed by atoms with Crippen molar-refractivity contribution in [3.8, 4) is 0 Å². The Morgan fingerprint density at radius 1 is 1.27 bits per heavy atom. The van der Waals surface area contributed by atoms with E-state index in [2.05, 4.69) is 20.0 Å². The number of halogens is 2. The average molecular weight is 213 g/mol. The minimum Gasteiger partial charge on any atom is -0.125 e. The van der Waals surface area contributed by atoms with E-state index >= 15 is 0 Å². The summed E-state index contributed by atoms with van der Waals surface area (Å²) in [6.45, 7) is 7.10. The average Bonchev–Trinajstić information content (AvgIpc) is 1.99. The molecule has 0 heterocycles. The summed E-state index contributed by atoms with van der Waals surface area (Å²) >= 11 is 11.5. The van der Waals surface area contributed by atoms with Gasteiger partial charge in [-0.25, -0.2) is 0 Å². The summed E-state index contributed by atoms with van der Waals surface area (Å²) in [6, 6.07) is 0. The molecule has 0 fully saturated rings. The summed E-state index contributed by atoms with van der Waals surface area (Å²) in [4.78, 5) is 0. The quantitative estimate of drug-likeness (QED) is 0.484. The summed E-state index contributed by atoms with van der Waals surface area (Å²) in [5.74, 6) is 0.591. The van der Waals surface area contributed by atoms with Crippen LogP contribution in [0.4, 0.5) is 0 Å². The largest absolute Gasteiger partial charge is 0.125 e. The van der Waals surface area contributed by atoms with Crippen molar-refractivity contribution in [3.05, 3.63) is 0 Å². The van der Waals surface area contributed by atoms with Gasteiger partial charge in [-0.05, 0) is 6.42 Å². The van der Waals surface area contributed by atoms with E-state index in [1.165, 1.54) is 6.42 Å². The molecular weight excluding hydrogens is 195 g/mol. The zero-order chi connectivity index (χ0) is 8.85. The van der Waals surface area contributed by atoms with Gasteiger partial charge in [0.05, 0.1) is 0 Å². The second-order valence-corrected chi connectivity index (χ2v) is 8.10. The van der Waals surface area contributed by atoms with Gasteiger partial charge in [-0.1, -0.05) is 32.0 Å². The van der Waals surface area contributed by atoms with Gasteiger partial charge >= 0.3 is 0 Å². The van der Waals surface area contributed by atoms with Crippen LogP contribution >= 0.6 is 23.2 Å². The lowest BCUT2D eigenvalue weighted by molar-refractivity contribution is 0.700. The second kappa shape index (κ2) is 6.33. The van der Waals surface area contributed by atoms with Crippen LogP contribution in [0.3, 0.4) is 0 Å². The molecule has 0 saturated heterocycles. The van der Waals surface area contributed by atoms with Crippen LogP contribution in [0.2, 0.25) is 18.6 Å². The Hall–Kier alpha value is 0.797. The molecule has 0 aromatic rings. The van der Waals surface area contributed by atoms with Gasteiger partial charge in [0.15, 0.2) is 0 Å². The zero-order valence-electron chi connectivity index (χ0n) is 7.61. The first-order chi connectivity index (χ1) is 5.07. The highest BCUT2D eigenvalue weighted by Gasteiger charge is 2.10. The molecule has 0 radical (unpaired) electrons. The fraction of sp³-hybridized carbons (Fsp3) is 1.00.